The number of thioether (sulfide) groups is 1. The van der Waals surface area contributed by atoms with Gasteiger partial charge in [-0.05, 0) is 58.9 Å². The van der Waals surface area contributed by atoms with E-state index in [9.17, 15) is 4.79 Å². The fourth-order valence-corrected chi connectivity index (χ4v) is 3.20. The van der Waals surface area contributed by atoms with E-state index in [0.29, 0.717) is 5.75 Å². The van der Waals surface area contributed by atoms with Crippen LogP contribution in [0.5, 0.6) is 5.75 Å². The molecule has 1 aromatic heterocycles. The summed E-state index contributed by atoms with van der Waals surface area (Å²) in [6.07, 6.45) is 18.5. The predicted octanol–water partition coefficient (Wildman–Crippen LogP) is 9.71. The van der Waals surface area contributed by atoms with Crippen LogP contribution >= 0.6 is 35.0 Å². The van der Waals surface area contributed by atoms with E-state index in [2.05, 4.69) is 59.3 Å². The molecular formula is C33H53Cl2N3O3S. The van der Waals surface area contributed by atoms with Gasteiger partial charge in [0.05, 0.1) is 5.69 Å². The normalized spacial score (nSPS) is 9.98. The van der Waals surface area contributed by atoms with Crippen LogP contribution in [-0.4, -0.2) is 59.9 Å². The number of aryl methyl sites for hydroxylation is 1. The number of ether oxygens (including phenoxy) is 2. The summed E-state index contributed by atoms with van der Waals surface area (Å²) < 4.78 is 11.6. The molecular weight excluding hydrogens is 589 g/mol. The van der Waals surface area contributed by atoms with Crippen molar-refractivity contribution in [2.45, 2.75) is 64.4 Å². The highest BCUT2D eigenvalue weighted by Gasteiger charge is 2.13. The maximum Gasteiger partial charge on any atom is 0.195 e. The second-order valence-corrected chi connectivity index (χ2v) is 9.28. The highest BCUT2D eigenvalue weighted by atomic mass is 35.5. The summed E-state index contributed by atoms with van der Waals surface area (Å²) in [6, 6.07) is 7.60. The third kappa shape index (κ3) is 27.6. The van der Waals surface area contributed by atoms with Gasteiger partial charge in [-0.15, -0.1) is 40.0 Å². The molecule has 0 fully saturated rings. The average Bonchev–Trinajstić information content (AvgIpc) is 3.40. The summed E-state index contributed by atoms with van der Waals surface area (Å²) in [7, 11) is 3.25. The molecule has 0 aliphatic rings. The van der Waals surface area contributed by atoms with Gasteiger partial charge in [-0.25, -0.2) is 0 Å². The van der Waals surface area contributed by atoms with Gasteiger partial charge >= 0.3 is 0 Å². The molecule has 0 spiro atoms. The Morgan fingerprint density at radius 2 is 1.74 bits per heavy atom. The summed E-state index contributed by atoms with van der Waals surface area (Å²) in [6.45, 7) is 20.6. The molecule has 42 heavy (non-hydrogen) atoms. The number of aromatic nitrogens is 3. The van der Waals surface area contributed by atoms with E-state index in [1.165, 1.54) is 6.38 Å². The van der Waals surface area contributed by atoms with Crippen LogP contribution in [0.3, 0.4) is 0 Å². The first-order valence-electron chi connectivity index (χ1n) is 13.4. The van der Waals surface area contributed by atoms with Crippen LogP contribution in [0.15, 0.2) is 91.2 Å². The number of rotatable bonds is 11. The number of carbonyl (C=O) groups excluding carboxylic acids is 1. The maximum atomic E-state index is 10.4. The first kappa shape index (κ1) is 46.4. The largest absolute Gasteiger partial charge is 0.486 e. The number of nitrogens with zero attached hydrogens (tertiary/aromatic N) is 3. The zero-order chi connectivity index (χ0) is 33.2. The SMILES string of the molecule is C/C=C\C(C)Cl.C=CC.C=CC(=C)C/C=C/C.CCCc1nnc(SC)n1-c1cccc(OCC=O)c1.CCl.COC. The topological polar surface area (TPSA) is 66.2 Å². The lowest BCUT2D eigenvalue weighted by Crippen LogP contribution is -2.04. The highest BCUT2D eigenvalue weighted by molar-refractivity contribution is 7.98. The van der Waals surface area contributed by atoms with Crippen molar-refractivity contribution >= 4 is 41.2 Å². The minimum absolute atomic E-state index is 0.0584. The quantitative estimate of drug-likeness (QED) is 0.0800. The lowest BCUT2D eigenvalue weighted by molar-refractivity contribution is -0.109. The zero-order valence-corrected chi connectivity index (χ0v) is 29.4. The number of allylic oxidation sites excluding steroid dienone is 7. The van der Waals surface area contributed by atoms with Crippen LogP contribution in [0.2, 0.25) is 0 Å². The molecule has 2 aromatic rings. The summed E-state index contributed by atoms with van der Waals surface area (Å²) >= 11 is 11.7. The van der Waals surface area contributed by atoms with E-state index in [0.717, 1.165) is 47.8 Å². The Hall–Kier alpha value is -2.58. The van der Waals surface area contributed by atoms with Crippen molar-refractivity contribution in [2.24, 2.45) is 0 Å². The fraction of sp³-hybridized carbons (Fsp3) is 0.424. The third-order valence-corrected chi connectivity index (χ3v) is 4.89. The molecule has 2 rings (SSSR count). The Labute approximate surface area is 270 Å². The standard InChI is InChI=1S/C14H17N3O2S.C8H12.C5H9Cl.C3H6.C2H6O.CH3Cl/c1-3-5-13-15-16-14(20-2)17(13)11-6-4-7-12(10-11)19-9-8-18;1-4-6-7-8(3)5-2;1-3-4-5(2)6;2*1-3-2;1-2/h4,6-8,10H,3,5,9H2,1-2H3;4-6H,2-3,7H2,1H3;3-5H,1-2H3;3H,1H2,2H3;1-2H3;1H3/b;6-4+;4-3-;;;. The summed E-state index contributed by atoms with van der Waals surface area (Å²) in [5.41, 5.74) is 2.02. The lowest BCUT2D eigenvalue weighted by Gasteiger charge is -2.10. The lowest BCUT2D eigenvalue weighted by atomic mass is 10.2. The van der Waals surface area contributed by atoms with Gasteiger partial charge in [0.1, 0.15) is 18.2 Å². The number of hydrogen-bond donors (Lipinski definition) is 0. The van der Waals surface area contributed by atoms with Gasteiger partial charge in [-0.2, -0.15) is 0 Å². The molecule has 1 atom stereocenters. The number of hydrogen-bond acceptors (Lipinski definition) is 6. The molecule has 0 aliphatic carbocycles. The molecule has 0 N–H and O–H groups in total. The molecule has 1 unspecified atom stereocenters. The Kier molecular flexibility index (Phi) is 40.2. The number of alkyl halides is 2. The van der Waals surface area contributed by atoms with E-state index in [1.807, 2.05) is 81.0 Å². The van der Waals surface area contributed by atoms with Gasteiger partial charge in [0.25, 0.3) is 0 Å². The molecule has 9 heteroatoms. The summed E-state index contributed by atoms with van der Waals surface area (Å²) in [4.78, 5) is 10.4. The minimum Gasteiger partial charge on any atom is -0.486 e. The summed E-state index contributed by atoms with van der Waals surface area (Å²) in [5.74, 6) is 1.60. The molecule has 0 saturated carbocycles. The first-order chi connectivity index (χ1) is 20.2. The minimum atomic E-state index is 0.0584. The van der Waals surface area contributed by atoms with Crippen LogP contribution in [-0.2, 0) is 16.0 Å². The van der Waals surface area contributed by atoms with Crippen LogP contribution in [0.4, 0.5) is 0 Å². The average molecular weight is 643 g/mol. The van der Waals surface area contributed by atoms with Gasteiger partial charge < -0.3 is 9.47 Å². The Bertz CT molecular complexity index is 991. The molecule has 1 aromatic carbocycles. The maximum absolute atomic E-state index is 10.4. The van der Waals surface area contributed by atoms with Crippen molar-refractivity contribution in [1.29, 1.82) is 0 Å². The molecule has 6 nitrogen and oxygen atoms in total. The number of halogens is 2. The van der Waals surface area contributed by atoms with E-state index in [1.54, 1.807) is 38.1 Å². The van der Waals surface area contributed by atoms with E-state index in [4.69, 9.17) is 16.3 Å². The van der Waals surface area contributed by atoms with Crippen molar-refractivity contribution in [3.05, 3.63) is 91.9 Å². The highest BCUT2D eigenvalue weighted by Crippen LogP contribution is 2.23. The van der Waals surface area contributed by atoms with Gasteiger partial charge in [0, 0.05) is 38.5 Å². The van der Waals surface area contributed by atoms with E-state index in [-0.39, 0.29) is 12.0 Å². The number of benzene rings is 1. The van der Waals surface area contributed by atoms with Crippen molar-refractivity contribution < 1.29 is 14.3 Å². The van der Waals surface area contributed by atoms with E-state index < -0.39 is 0 Å². The number of methoxy groups -OCH3 is 1. The van der Waals surface area contributed by atoms with Crippen LogP contribution in [0.25, 0.3) is 5.69 Å². The van der Waals surface area contributed by atoms with Gasteiger partial charge in [0.15, 0.2) is 11.4 Å². The summed E-state index contributed by atoms with van der Waals surface area (Å²) in [5, 5.41) is 9.48. The Morgan fingerprint density at radius 1 is 1.14 bits per heavy atom. The molecule has 0 bridgehead atoms. The molecule has 0 aliphatic heterocycles. The van der Waals surface area contributed by atoms with Crippen molar-refractivity contribution in [3.63, 3.8) is 0 Å². The third-order valence-electron chi connectivity index (χ3n) is 4.11. The molecule has 0 radical (unpaired) electrons. The fourth-order valence-electron chi connectivity index (χ4n) is 2.54. The Morgan fingerprint density at radius 3 is 2.14 bits per heavy atom. The number of aldehydes is 1. The van der Waals surface area contributed by atoms with Crippen molar-refractivity contribution in [1.82, 2.24) is 14.8 Å². The van der Waals surface area contributed by atoms with Crippen molar-refractivity contribution in [2.75, 3.05) is 33.5 Å². The molecule has 0 amide bonds. The van der Waals surface area contributed by atoms with Gasteiger partial charge in [0.2, 0.25) is 0 Å². The van der Waals surface area contributed by atoms with Crippen LogP contribution in [0.1, 0.15) is 53.3 Å². The molecule has 0 saturated heterocycles. The zero-order valence-electron chi connectivity index (χ0n) is 27.1. The van der Waals surface area contributed by atoms with E-state index >= 15 is 0 Å². The predicted molar refractivity (Wildman–Crippen MR) is 188 cm³/mol. The molecule has 1 heterocycles. The smallest absolute Gasteiger partial charge is 0.195 e. The van der Waals surface area contributed by atoms with Crippen molar-refractivity contribution in [3.8, 4) is 11.4 Å². The monoisotopic (exact) mass is 641 g/mol. The second-order valence-electron chi connectivity index (χ2n) is 7.82. The second kappa shape index (κ2) is 36.4. The van der Waals surface area contributed by atoms with Gasteiger partial charge in [-0.3, -0.25) is 9.36 Å². The first-order valence-corrected chi connectivity index (χ1v) is 15.8. The Balaban J connectivity index is -0.000000271. The van der Waals surface area contributed by atoms with Crippen LogP contribution in [0, 0.1) is 0 Å². The number of carbonyl (C=O) groups is 1. The van der Waals surface area contributed by atoms with Gasteiger partial charge in [-0.1, -0.05) is 79.9 Å². The van der Waals surface area contributed by atoms with Crippen LogP contribution < -0.4 is 4.74 Å². The molecule has 238 valence electrons.